The molecular weight excluding hydrogens is 388 g/mol. The molecule has 0 unspecified atom stereocenters. The van der Waals surface area contributed by atoms with Crippen LogP contribution in [0.15, 0.2) is 38.8 Å². The van der Waals surface area contributed by atoms with Crippen LogP contribution < -0.4 is 11.2 Å². The number of aromatic hydroxyl groups is 1. The van der Waals surface area contributed by atoms with Crippen molar-refractivity contribution in [1.29, 1.82) is 5.26 Å². The van der Waals surface area contributed by atoms with Crippen LogP contribution in [-0.4, -0.2) is 20.9 Å². The van der Waals surface area contributed by atoms with E-state index in [0.717, 1.165) is 46.3 Å². The molecule has 0 radical (unpaired) electrons. The molecule has 0 saturated heterocycles. The molecule has 4 rings (SSSR count). The highest BCUT2D eigenvalue weighted by Crippen LogP contribution is 2.39. The van der Waals surface area contributed by atoms with E-state index < -0.39 is 17.1 Å². The first kappa shape index (κ1) is 18.9. The molecule has 3 aromatic rings. The number of H-pyrrole nitrogens is 1. The average molecular weight is 406 g/mol. The fourth-order valence-corrected chi connectivity index (χ4v) is 4.65. The monoisotopic (exact) mass is 406 g/mol. The molecule has 0 spiro atoms. The van der Waals surface area contributed by atoms with Crippen LogP contribution >= 0.6 is 11.3 Å². The third kappa shape index (κ3) is 3.41. The third-order valence-corrected chi connectivity index (χ3v) is 6.19. The number of fused-ring (bicyclic) bond motifs is 1. The zero-order valence-electron chi connectivity index (χ0n) is 15.7. The summed E-state index contributed by atoms with van der Waals surface area (Å²) in [7, 11) is 0. The smallest absolute Gasteiger partial charge is 0.335 e. The first-order valence-electron chi connectivity index (χ1n) is 9.23. The molecule has 0 fully saturated rings. The minimum atomic E-state index is -0.738. The molecule has 7 nitrogen and oxygen atoms in total. The molecule has 0 bridgehead atoms. The van der Waals surface area contributed by atoms with Crippen LogP contribution in [0.2, 0.25) is 0 Å². The lowest BCUT2D eigenvalue weighted by Crippen LogP contribution is -2.31. The maximum absolute atomic E-state index is 12.3. The topological polar surface area (TPSA) is 111 Å². The number of aryl methyl sites for hydroxylation is 2. The molecule has 2 heterocycles. The fraction of sp³-hybridized carbons (Fsp3) is 0.238. The Balaban J connectivity index is 1.81. The van der Waals surface area contributed by atoms with Gasteiger partial charge in [0.05, 0.1) is 11.3 Å². The van der Waals surface area contributed by atoms with Crippen molar-refractivity contribution in [2.24, 2.45) is 4.99 Å². The van der Waals surface area contributed by atoms with Crippen LogP contribution in [0.1, 0.15) is 40.0 Å². The standard InChI is InChI=1S/C21H18N4O3S/c1-12-6-8-13(9-7-12)25-20(27)16(18(26)24-21(25)28)11-23-19-15(10-22)14-4-2-3-5-17(14)29-19/h6-9,11,27H,2-5H2,1H3,(H,24,26,28)/b23-11+. The summed E-state index contributed by atoms with van der Waals surface area (Å²) in [6.45, 7) is 1.91. The van der Waals surface area contributed by atoms with Crippen molar-refractivity contribution in [2.75, 3.05) is 0 Å². The van der Waals surface area contributed by atoms with E-state index in [9.17, 15) is 20.0 Å². The van der Waals surface area contributed by atoms with Gasteiger partial charge >= 0.3 is 5.69 Å². The normalized spacial score (nSPS) is 13.4. The van der Waals surface area contributed by atoms with Crippen molar-refractivity contribution in [3.05, 3.63) is 72.2 Å². The Bertz CT molecular complexity index is 1270. The van der Waals surface area contributed by atoms with Gasteiger partial charge in [-0.25, -0.2) is 14.4 Å². The largest absolute Gasteiger partial charge is 0.493 e. The van der Waals surface area contributed by atoms with E-state index >= 15 is 0 Å². The molecule has 29 heavy (non-hydrogen) atoms. The second-order valence-electron chi connectivity index (χ2n) is 6.93. The van der Waals surface area contributed by atoms with Gasteiger partial charge in [0.2, 0.25) is 5.88 Å². The molecular formula is C21H18N4O3S. The van der Waals surface area contributed by atoms with E-state index in [4.69, 9.17) is 0 Å². The molecule has 146 valence electrons. The number of aromatic nitrogens is 2. The second kappa shape index (κ2) is 7.53. The lowest BCUT2D eigenvalue weighted by atomic mass is 9.96. The van der Waals surface area contributed by atoms with Crippen molar-refractivity contribution >= 4 is 22.6 Å². The lowest BCUT2D eigenvalue weighted by molar-refractivity contribution is 0.430. The Kier molecular flexibility index (Phi) is 4.91. The van der Waals surface area contributed by atoms with Gasteiger partial charge in [-0.15, -0.1) is 11.3 Å². The van der Waals surface area contributed by atoms with E-state index in [2.05, 4.69) is 16.0 Å². The molecule has 1 aromatic carbocycles. The van der Waals surface area contributed by atoms with Crippen LogP contribution in [0, 0.1) is 18.3 Å². The number of hydrogen-bond acceptors (Lipinski definition) is 6. The third-order valence-electron chi connectivity index (χ3n) is 4.99. The summed E-state index contributed by atoms with van der Waals surface area (Å²) in [5.41, 5.74) is 1.38. The Hall–Kier alpha value is -3.44. The highest BCUT2D eigenvalue weighted by Gasteiger charge is 2.21. The fourth-order valence-electron chi connectivity index (χ4n) is 3.47. The van der Waals surface area contributed by atoms with Crippen molar-refractivity contribution < 1.29 is 5.11 Å². The van der Waals surface area contributed by atoms with Gasteiger partial charge in [-0.3, -0.25) is 9.78 Å². The van der Waals surface area contributed by atoms with Crippen LogP contribution in [0.5, 0.6) is 5.88 Å². The number of nitrogens with one attached hydrogen (secondary N) is 1. The Morgan fingerprint density at radius 3 is 2.69 bits per heavy atom. The SMILES string of the molecule is Cc1ccc(-n2c(O)c(/C=N/c3sc4c(c3C#N)CCCC4)c(=O)[nH]c2=O)cc1. The Labute approximate surface area is 170 Å². The minimum Gasteiger partial charge on any atom is -0.493 e. The number of aliphatic imine (C=N–C) groups is 1. The summed E-state index contributed by atoms with van der Waals surface area (Å²) >= 11 is 1.44. The minimum absolute atomic E-state index is 0.138. The average Bonchev–Trinajstić information content (AvgIpc) is 3.06. The number of nitriles is 1. The molecule has 8 heteroatoms. The summed E-state index contributed by atoms with van der Waals surface area (Å²) < 4.78 is 1.02. The molecule has 2 aromatic heterocycles. The summed E-state index contributed by atoms with van der Waals surface area (Å²) in [5.74, 6) is -0.494. The first-order chi connectivity index (χ1) is 14.0. The summed E-state index contributed by atoms with van der Waals surface area (Å²) in [6.07, 6.45) is 5.13. The van der Waals surface area contributed by atoms with Crippen LogP contribution in [-0.2, 0) is 12.8 Å². The number of benzene rings is 1. The first-order valence-corrected chi connectivity index (χ1v) is 10.0. The maximum Gasteiger partial charge on any atom is 0.335 e. The molecule has 2 N–H and O–H groups in total. The van der Waals surface area contributed by atoms with Crippen molar-refractivity contribution in [1.82, 2.24) is 9.55 Å². The Morgan fingerprint density at radius 2 is 1.97 bits per heavy atom. The summed E-state index contributed by atoms with van der Waals surface area (Å²) in [4.78, 5) is 32.3. The lowest BCUT2D eigenvalue weighted by Gasteiger charge is -2.09. The van der Waals surface area contributed by atoms with Crippen LogP contribution in [0.4, 0.5) is 5.00 Å². The van der Waals surface area contributed by atoms with Gasteiger partial charge in [0, 0.05) is 11.1 Å². The number of aromatic amines is 1. The number of hydrogen-bond donors (Lipinski definition) is 2. The molecule has 1 aliphatic carbocycles. The number of nitrogens with zero attached hydrogens (tertiary/aromatic N) is 3. The second-order valence-corrected chi connectivity index (χ2v) is 8.01. The predicted octanol–water partition coefficient (Wildman–Crippen LogP) is 3.10. The molecule has 0 amide bonds. The van der Waals surface area contributed by atoms with Crippen molar-refractivity contribution in [2.45, 2.75) is 32.6 Å². The molecule has 0 saturated carbocycles. The van der Waals surface area contributed by atoms with Gasteiger partial charge < -0.3 is 5.11 Å². The maximum atomic E-state index is 12.3. The quantitative estimate of drug-likeness (QED) is 0.651. The van der Waals surface area contributed by atoms with Gasteiger partial charge in [-0.1, -0.05) is 17.7 Å². The van der Waals surface area contributed by atoms with Crippen molar-refractivity contribution in [3.8, 4) is 17.6 Å². The van der Waals surface area contributed by atoms with E-state index in [1.807, 2.05) is 6.92 Å². The zero-order valence-corrected chi connectivity index (χ0v) is 16.5. The van der Waals surface area contributed by atoms with Gasteiger partial charge in [-0.05, 0) is 50.3 Å². The van der Waals surface area contributed by atoms with E-state index in [1.165, 1.54) is 17.6 Å². The van der Waals surface area contributed by atoms with Gasteiger partial charge in [0.1, 0.15) is 16.6 Å². The van der Waals surface area contributed by atoms with Crippen molar-refractivity contribution in [3.63, 3.8) is 0 Å². The highest BCUT2D eigenvalue weighted by molar-refractivity contribution is 7.16. The summed E-state index contributed by atoms with van der Waals surface area (Å²) in [5, 5.41) is 20.7. The highest BCUT2D eigenvalue weighted by atomic mass is 32.1. The Morgan fingerprint density at radius 1 is 1.24 bits per heavy atom. The van der Waals surface area contributed by atoms with Crippen LogP contribution in [0.3, 0.4) is 0 Å². The van der Waals surface area contributed by atoms with Gasteiger partial charge in [-0.2, -0.15) is 5.26 Å². The molecule has 1 aliphatic rings. The zero-order chi connectivity index (χ0) is 20.5. The van der Waals surface area contributed by atoms with Crippen LogP contribution in [0.25, 0.3) is 5.69 Å². The molecule has 0 aliphatic heterocycles. The van der Waals surface area contributed by atoms with Gasteiger partial charge in [0.15, 0.2) is 0 Å². The number of rotatable bonds is 3. The summed E-state index contributed by atoms with van der Waals surface area (Å²) in [6, 6.07) is 9.17. The molecule has 0 atom stereocenters. The van der Waals surface area contributed by atoms with Gasteiger partial charge in [0.25, 0.3) is 5.56 Å². The predicted molar refractivity (Wildman–Crippen MR) is 112 cm³/mol. The van der Waals surface area contributed by atoms with E-state index in [1.54, 1.807) is 24.3 Å². The number of thiophene rings is 1. The van der Waals surface area contributed by atoms with E-state index in [0.29, 0.717) is 16.3 Å². The van der Waals surface area contributed by atoms with E-state index in [-0.39, 0.29) is 5.56 Å².